The third kappa shape index (κ3) is 2.52. The summed E-state index contributed by atoms with van der Waals surface area (Å²) in [6, 6.07) is 10.5. The summed E-state index contributed by atoms with van der Waals surface area (Å²) in [5.74, 6) is 0.329. The smallest absolute Gasteiger partial charge is 0.229 e. The Bertz CT molecular complexity index is 460. The maximum atomic E-state index is 12.6. The molecular formula is C16H23N3O. The Hall–Kier alpha value is -1.55. The predicted molar refractivity (Wildman–Crippen MR) is 80.8 cm³/mol. The van der Waals surface area contributed by atoms with Gasteiger partial charge >= 0.3 is 0 Å². The minimum absolute atomic E-state index is 0.186. The molecule has 0 aromatic heterocycles. The van der Waals surface area contributed by atoms with Gasteiger partial charge in [-0.2, -0.15) is 0 Å². The van der Waals surface area contributed by atoms with Crippen LogP contribution in [0.25, 0.3) is 0 Å². The zero-order chi connectivity index (χ0) is 14.0. The van der Waals surface area contributed by atoms with E-state index in [2.05, 4.69) is 41.4 Å². The van der Waals surface area contributed by atoms with Gasteiger partial charge in [-0.3, -0.25) is 4.79 Å². The van der Waals surface area contributed by atoms with Crippen LogP contribution in [0.4, 0.5) is 5.69 Å². The van der Waals surface area contributed by atoms with Gasteiger partial charge in [0.05, 0.1) is 5.41 Å². The van der Waals surface area contributed by atoms with Crippen LogP contribution in [0.3, 0.4) is 0 Å². The Morgan fingerprint density at radius 2 is 1.85 bits per heavy atom. The van der Waals surface area contributed by atoms with E-state index in [1.54, 1.807) is 0 Å². The highest BCUT2D eigenvalue weighted by atomic mass is 16.2. The maximum Gasteiger partial charge on any atom is 0.229 e. The molecule has 20 heavy (non-hydrogen) atoms. The highest BCUT2D eigenvalue weighted by molar-refractivity contribution is 5.83. The molecule has 4 nitrogen and oxygen atoms in total. The van der Waals surface area contributed by atoms with E-state index in [-0.39, 0.29) is 5.41 Å². The minimum atomic E-state index is -0.186. The van der Waals surface area contributed by atoms with E-state index in [9.17, 15) is 4.79 Å². The molecule has 2 saturated heterocycles. The van der Waals surface area contributed by atoms with Crippen LogP contribution in [0.15, 0.2) is 30.3 Å². The number of carbonyl (C=O) groups is 1. The fraction of sp³-hybridized carbons (Fsp3) is 0.562. The van der Waals surface area contributed by atoms with Crippen molar-refractivity contribution in [1.82, 2.24) is 10.2 Å². The molecule has 1 N–H and O–H groups in total. The molecule has 3 rings (SSSR count). The van der Waals surface area contributed by atoms with E-state index in [1.807, 2.05) is 11.0 Å². The molecule has 2 aliphatic rings. The quantitative estimate of drug-likeness (QED) is 0.883. The van der Waals surface area contributed by atoms with Gasteiger partial charge in [-0.25, -0.2) is 0 Å². The van der Waals surface area contributed by atoms with Crippen molar-refractivity contribution in [2.75, 3.05) is 44.2 Å². The number of hydrogen-bond donors (Lipinski definition) is 1. The number of anilines is 1. The molecule has 4 heteroatoms. The van der Waals surface area contributed by atoms with Gasteiger partial charge in [0.15, 0.2) is 0 Å². The Morgan fingerprint density at radius 1 is 1.15 bits per heavy atom. The minimum Gasteiger partial charge on any atom is -0.368 e. The average molecular weight is 273 g/mol. The lowest BCUT2D eigenvalue weighted by atomic mass is 9.88. The first kappa shape index (κ1) is 13.4. The standard InChI is InChI=1S/C16H23N3O/c1-16(7-8-17-13-16)15(20)19-11-9-18(10-12-19)14-5-3-2-4-6-14/h2-6,17H,7-13H2,1H3. The summed E-state index contributed by atoms with van der Waals surface area (Å²) in [4.78, 5) is 17.0. The molecule has 1 atom stereocenters. The van der Waals surface area contributed by atoms with Gasteiger partial charge in [0.2, 0.25) is 5.91 Å². The van der Waals surface area contributed by atoms with Crippen LogP contribution in [-0.2, 0) is 4.79 Å². The second-order valence-electron chi connectivity index (χ2n) is 6.10. The third-order valence-electron chi connectivity index (χ3n) is 4.57. The monoisotopic (exact) mass is 273 g/mol. The first-order valence-electron chi connectivity index (χ1n) is 7.49. The van der Waals surface area contributed by atoms with E-state index in [0.29, 0.717) is 5.91 Å². The van der Waals surface area contributed by atoms with Crippen molar-refractivity contribution in [1.29, 1.82) is 0 Å². The molecule has 1 aromatic rings. The highest BCUT2D eigenvalue weighted by Crippen LogP contribution is 2.28. The van der Waals surface area contributed by atoms with Crippen LogP contribution >= 0.6 is 0 Å². The number of nitrogens with one attached hydrogen (secondary N) is 1. The lowest BCUT2D eigenvalue weighted by Crippen LogP contribution is -2.53. The fourth-order valence-corrected chi connectivity index (χ4v) is 3.19. The van der Waals surface area contributed by atoms with Gasteiger partial charge in [-0.15, -0.1) is 0 Å². The van der Waals surface area contributed by atoms with Gasteiger partial charge in [0.25, 0.3) is 0 Å². The predicted octanol–water partition coefficient (Wildman–Crippen LogP) is 1.33. The number of hydrogen-bond acceptors (Lipinski definition) is 3. The van der Waals surface area contributed by atoms with Crippen molar-refractivity contribution < 1.29 is 4.79 Å². The summed E-state index contributed by atoms with van der Waals surface area (Å²) in [6.07, 6.45) is 0.963. The first-order chi connectivity index (χ1) is 9.69. The van der Waals surface area contributed by atoms with Gasteiger partial charge in [0.1, 0.15) is 0 Å². The molecular weight excluding hydrogens is 250 g/mol. The van der Waals surface area contributed by atoms with Gasteiger partial charge in [0, 0.05) is 38.4 Å². The van der Waals surface area contributed by atoms with Crippen LogP contribution in [0.5, 0.6) is 0 Å². The summed E-state index contributed by atoms with van der Waals surface area (Å²) >= 11 is 0. The zero-order valence-corrected chi connectivity index (χ0v) is 12.1. The van der Waals surface area contributed by atoms with Crippen molar-refractivity contribution in [2.45, 2.75) is 13.3 Å². The van der Waals surface area contributed by atoms with E-state index in [0.717, 1.165) is 45.7 Å². The summed E-state index contributed by atoms with van der Waals surface area (Å²) in [7, 11) is 0. The number of piperazine rings is 1. The Kier molecular flexibility index (Phi) is 3.66. The number of rotatable bonds is 2. The number of nitrogens with zero attached hydrogens (tertiary/aromatic N) is 2. The number of benzene rings is 1. The number of carbonyl (C=O) groups excluding carboxylic acids is 1. The second kappa shape index (κ2) is 5.44. The first-order valence-corrected chi connectivity index (χ1v) is 7.49. The van der Waals surface area contributed by atoms with E-state index in [4.69, 9.17) is 0 Å². The molecule has 0 spiro atoms. The van der Waals surface area contributed by atoms with Crippen molar-refractivity contribution in [3.05, 3.63) is 30.3 Å². The van der Waals surface area contributed by atoms with Crippen molar-refractivity contribution in [3.63, 3.8) is 0 Å². The topological polar surface area (TPSA) is 35.6 Å². The van der Waals surface area contributed by atoms with Crippen LogP contribution in [-0.4, -0.2) is 50.1 Å². The lowest BCUT2D eigenvalue weighted by Gasteiger charge is -2.39. The fourth-order valence-electron chi connectivity index (χ4n) is 3.19. The SMILES string of the molecule is CC1(C(=O)N2CCN(c3ccccc3)CC2)CCNC1. The molecule has 1 aromatic carbocycles. The summed E-state index contributed by atoms with van der Waals surface area (Å²) in [6.45, 7) is 7.42. The van der Waals surface area contributed by atoms with E-state index in [1.165, 1.54) is 5.69 Å². The Balaban J connectivity index is 1.60. The van der Waals surface area contributed by atoms with Crippen LogP contribution in [0.2, 0.25) is 0 Å². The summed E-state index contributed by atoms with van der Waals surface area (Å²) in [5.41, 5.74) is 1.07. The molecule has 0 radical (unpaired) electrons. The Labute approximate surface area is 120 Å². The molecule has 108 valence electrons. The highest BCUT2D eigenvalue weighted by Gasteiger charge is 2.39. The number of amides is 1. The lowest BCUT2D eigenvalue weighted by molar-refractivity contribution is -0.140. The molecule has 0 saturated carbocycles. The molecule has 0 bridgehead atoms. The van der Waals surface area contributed by atoms with Crippen molar-refractivity contribution in [2.24, 2.45) is 5.41 Å². The molecule has 1 amide bonds. The summed E-state index contributed by atoms with van der Waals surface area (Å²) < 4.78 is 0. The zero-order valence-electron chi connectivity index (χ0n) is 12.1. The van der Waals surface area contributed by atoms with Gasteiger partial charge in [-0.1, -0.05) is 18.2 Å². The van der Waals surface area contributed by atoms with Crippen molar-refractivity contribution in [3.8, 4) is 0 Å². The van der Waals surface area contributed by atoms with Crippen LogP contribution in [0.1, 0.15) is 13.3 Å². The van der Waals surface area contributed by atoms with E-state index >= 15 is 0 Å². The van der Waals surface area contributed by atoms with Crippen molar-refractivity contribution >= 4 is 11.6 Å². The van der Waals surface area contributed by atoms with E-state index < -0.39 is 0 Å². The molecule has 2 fully saturated rings. The van der Waals surface area contributed by atoms with Gasteiger partial charge in [-0.05, 0) is 32.0 Å². The average Bonchev–Trinajstić information content (AvgIpc) is 2.96. The molecule has 2 heterocycles. The van der Waals surface area contributed by atoms with Gasteiger partial charge < -0.3 is 15.1 Å². The van der Waals surface area contributed by atoms with Crippen LogP contribution in [0, 0.1) is 5.41 Å². The van der Waals surface area contributed by atoms with Crippen LogP contribution < -0.4 is 10.2 Å². The molecule has 1 unspecified atom stereocenters. The Morgan fingerprint density at radius 3 is 2.45 bits per heavy atom. The molecule has 2 aliphatic heterocycles. The maximum absolute atomic E-state index is 12.6. The normalized spacial score (nSPS) is 26.9. The molecule has 0 aliphatic carbocycles. The third-order valence-corrected chi connectivity index (χ3v) is 4.57. The number of para-hydroxylation sites is 1. The summed E-state index contributed by atoms with van der Waals surface area (Å²) in [5, 5.41) is 3.31. The second-order valence-corrected chi connectivity index (χ2v) is 6.10. The largest absolute Gasteiger partial charge is 0.368 e.